The highest BCUT2D eigenvalue weighted by Gasteiger charge is 2.18. The maximum absolute atomic E-state index is 2.42. The van der Waals surface area contributed by atoms with Gasteiger partial charge in [-0.2, -0.15) is 0 Å². The lowest BCUT2D eigenvalue weighted by molar-refractivity contribution is 1.02. The number of fused-ring (bicyclic) bond motifs is 3. The summed E-state index contributed by atoms with van der Waals surface area (Å²) in [6.07, 6.45) is 6.91. The van der Waals surface area contributed by atoms with Gasteiger partial charge in [0.2, 0.25) is 0 Å². The first-order chi connectivity index (χ1) is 27.7. The van der Waals surface area contributed by atoms with Crippen LogP contribution in [-0.2, 0) is 6.42 Å². The van der Waals surface area contributed by atoms with Crippen molar-refractivity contribution in [2.45, 2.75) is 12.8 Å². The van der Waals surface area contributed by atoms with Crippen molar-refractivity contribution < 1.29 is 0 Å². The van der Waals surface area contributed by atoms with Crippen LogP contribution in [0.3, 0.4) is 0 Å². The molecule has 0 spiro atoms. The Kier molecular flexibility index (Phi) is 8.95. The van der Waals surface area contributed by atoms with E-state index >= 15 is 0 Å². The fourth-order valence-corrected chi connectivity index (χ4v) is 9.28. The van der Waals surface area contributed by atoms with Crippen molar-refractivity contribution in [1.82, 2.24) is 0 Å². The van der Waals surface area contributed by atoms with Crippen molar-refractivity contribution in [1.29, 1.82) is 0 Å². The van der Waals surface area contributed by atoms with Gasteiger partial charge in [-0.25, -0.2) is 0 Å². The summed E-state index contributed by atoms with van der Waals surface area (Å²) >= 11 is 1.96. The van der Waals surface area contributed by atoms with Gasteiger partial charge < -0.3 is 4.90 Å². The molecule has 0 saturated heterocycles. The van der Waals surface area contributed by atoms with Crippen LogP contribution in [-0.4, -0.2) is 0 Å². The Morgan fingerprint density at radius 2 is 0.750 bits per heavy atom. The third-order valence-corrected chi connectivity index (χ3v) is 12.2. The molecule has 0 N–H and O–H groups in total. The second-order valence-corrected chi connectivity index (χ2v) is 15.6. The maximum Gasteiger partial charge on any atom is 0.0462 e. The second-order valence-electron chi connectivity index (χ2n) is 14.4. The van der Waals surface area contributed by atoms with E-state index in [-0.39, 0.29) is 0 Å². The first kappa shape index (κ1) is 33.8. The van der Waals surface area contributed by atoms with Gasteiger partial charge in [-0.1, -0.05) is 164 Å². The zero-order chi connectivity index (χ0) is 37.3. The molecule has 0 fully saturated rings. The molecule has 1 aliphatic carbocycles. The van der Waals surface area contributed by atoms with E-state index in [0.29, 0.717) is 0 Å². The zero-order valence-electron chi connectivity index (χ0n) is 31.0. The maximum atomic E-state index is 2.42. The Morgan fingerprint density at radius 1 is 0.375 bits per heavy atom. The first-order valence-corrected chi connectivity index (χ1v) is 20.2. The van der Waals surface area contributed by atoms with Crippen molar-refractivity contribution in [2.75, 3.05) is 4.90 Å². The molecule has 0 radical (unpaired) electrons. The molecule has 0 bridgehead atoms. The van der Waals surface area contributed by atoms with E-state index in [0.717, 1.165) is 29.9 Å². The minimum absolute atomic E-state index is 1.11. The van der Waals surface area contributed by atoms with Crippen LogP contribution in [0, 0.1) is 0 Å². The summed E-state index contributed by atoms with van der Waals surface area (Å²) in [5, 5.41) is 1.37. The molecule has 0 atom stereocenters. The third kappa shape index (κ3) is 6.55. The number of thiophene rings is 1. The van der Waals surface area contributed by atoms with Gasteiger partial charge in [0, 0.05) is 32.0 Å². The van der Waals surface area contributed by atoms with E-state index in [9.17, 15) is 0 Å². The molecular formula is C54H39NS. The summed E-state index contributed by atoms with van der Waals surface area (Å²) in [6, 6.07) is 72.7. The number of nitrogens with zero attached hydrogens (tertiary/aromatic N) is 1. The molecule has 1 aromatic heterocycles. The summed E-state index contributed by atoms with van der Waals surface area (Å²) in [6.45, 7) is 0. The van der Waals surface area contributed by atoms with Crippen LogP contribution in [0.1, 0.15) is 16.9 Å². The molecule has 10 rings (SSSR count). The van der Waals surface area contributed by atoms with Crippen molar-refractivity contribution in [3.8, 4) is 55.6 Å². The Morgan fingerprint density at radius 3 is 1.23 bits per heavy atom. The van der Waals surface area contributed by atoms with E-state index in [1.165, 1.54) is 76.2 Å². The standard InChI is InChI=1S/C54H39NS/c1-4-12-38(13-5-1)41-24-30-46(31-25-41)55(47-32-26-42(27-33-47)39-14-6-2-7-15-39)48-34-28-43(29-35-48)40-20-22-45(23-21-40)51-37-54-52(49-18-10-11-19-53(49)56-54)36-50(51)44-16-8-3-9-17-44/h1-10,12-18,20-37H,11,19H2. The number of anilines is 3. The van der Waals surface area contributed by atoms with Gasteiger partial charge in [-0.15, -0.1) is 11.3 Å². The predicted octanol–water partition coefficient (Wildman–Crippen LogP) is 15.7. The fraction of sp³-hybridized carbons (Fsp3) is 0.0370. The monoisotopic (exact) mass is 733 g/mol. The van der Waals surface area contributed by atoms with Crippen LogP contribution in [0.15, 0.2) is 206 Å². The number of hydrogen-bond acceptors (Lipinski definition) is 2. The Hall–Kier alpha value is -6.74. The highest BCUT2D eigenvalue weighted by Crippen LogP contribution is 2.43. The van der Waals surface area contributed by atoms with Crippen molar-refractivity contribution in [2.24, 2.45) is 0 Å². The summed E-state index contributed by atoms with van der Waals surface area (Å²) in [7, 11) is 0. The number of hydrogen-bond donors (Lipinski definition) is 0. The second kappa shape index (κ2) is 14.8. The van der Waals surface area contributed by atoms with Gasteiger partial charge in [0.05, 0.1) is 0 Å². The van der Waals surface area contributed by atoms with E-state index in [4.69, 9.17) is 0 Å². The Labute approximate surface area is 333 Å². The fourth-order valence-electron chi connectivity index (χ4n) is 8.05. The third-order valence-electron chi connectivity index (χ3n) is 11.0. The highest BCUT2D eigenvalue weighted by atomic mass is 32.1. The summed E-state index contributed by atoms with van der Waals surface area (Å²) in [5.41, 5.74) is 17.0. The normalized spacial score (nSPS) is 12.1. The van der Waals surface area contributed by atoms with Crippen LogP contribution in [0.25, 0.3) is 71.8 Å². The van der Waals surface area contributed by atoms with Crippen LogP contribution in [0.2, 0.25) is 0 Å². The molecule has 266 valence electrons. The summed E-state index contributed by atoms with van der Waals surface area (Å²) in [4.78, 5) is 3.85. The molecule has 9 aromatic rings. The molecule has 1 aliphatic rings. The molecule has 1 nitrogen and oxygen atoms in total. The highest BCUT2D eigenvalue weighted by molar-refractivity contribution is 7.19. The van der Waals surface area contributed by atoms with Gasteiger partial charge in [0.1, 0.15) is 0 Å². The molecule has 8 aromatic carbocycles. The summed E-state index contributed by atoms with van der Waals surface area (Å²) in [5.74, 6) is 0. The molecule has 2 heteroatoms. The zero-order valence-corrected chi connectivity index (χ0v) is 31.8. The summed E-state index contributed by atoms with van der Waals surface area (Å²) < 4.78 is 1.37. The molecule has 0 unspecified atom stereocenters. The largest absolute Gasteiger partial charge is 0.311 e. The number of aryl methyl sites for hydroxylation is 1. The van der Waals surface area contributed by atoms with E-state index in [1.54, 1.807) is 0 Å². The molecule has 56 heavy (non-hydrogen) atoms. The van der Waals surface area contributed by atoms with Crippen LogP contribution < -0.4 is 4.90 Å². The van der Waals surface area contributed by atoms with Gasteiger partial charge in [0.25, 0.3) is 0 Å². The van der Waals surface area contributed by atoms with E-state index < -0.39 is 0 Å². The van der Waals surface area contributed by atoms with Crippen molar-refractivity contribution in [3.63, 3.8) is 0 Å². The lowest BCUT2D eigenvalue weighted by Crippen LogP contribution is -2.09. The molecular weight excluding hydrogens is 695 g/mol. The van der Waals surface area contributed by atoms with Gasteiger partial charge >= 0.3 is 0 Å². The number of allylic oxidation sites excluding steroid dienone is 1. The van der Waals surface area contributed by atoms with Gasteiger partial charge in [-0.05, 0) is 123 Å². The van der Waals surface area contributed by atoms with Crippen LogP contribution in [0.5, 0.6) is 0 Å². The van der Waals surface area contributed by atoms with E-state index in [2.05, 4.69) is 217 Å². The number of rotatable bonds is 8. The minimum atomic E-state index is 1.11. The van der Waals surface area contributed by atoms with Gasteiger partial charge in [-0.3, -0.25) is 0 Å². The minimum Gasteiger partial charge on any atom is -0.311 e. The predicted molar refractivity (Wildman–Crippen MR) is 241 cm³/mol. The molecule has 0 saturated carbocycles. The van der Waals surface area contributed by atoms with Crippen LogP contribution >= 0.6 is 11.3 Å². The lowest BCUT2D eigenvalue weighted by atomic mass is 9.91. The Balaban J connectivity index is 0.983. The smallest absolute Gasteiger partial charge is 0.0462 e. The SMILES string of the molecule is C1=Cc2c(sc3cc(-c4ccc(-c5ccc(N(c6ccc(-c7ccccc7)cc6)c6ccc(-c7ccccc7)cc6)cc5)cc4)c(-c4ccccc4)cc23)CC1. The average molecular weight is 734 g/mol. The van der Waals surface area contributed by atoms with Crippen molar-refractivity contribution >= 4 is 44.6 Å². The quantitative estimate of drug-likeness (QED) is 0.150. The lowest BCUT2D eigenvalue weighted by Gasteiger charge is -2.26. The van der Waals surface area contributed by atoms with Gasteiger partial charge in [0.15, 0.2) is 0 Å². The average Bonchev–Trinajstić information content (AvgIpc) is 3.65. The van der Waals surface area contributed by atoms with Crippen LogP contribution in [0.4, 0.5) is 17.1 Å². The first-order valence-electron chi connectivity index (χ1n) is 19.4. The molecule has 0 aliphatic heterocycles. The van der Waals surface area contributed by atoms with Crippen molar-refractivity contribution in [3.05, 3.63) is 217 Å². The Bertz CT molecular complexity index is 2700. The number of benzene rings is 8. The molecule has 1 heterocycles. The topological polar surface area (TPSA) is 3.24 Å². The molecule has 0 amide bonds. The van der Waals surface area contributed by atoms with E-state index in [1.807, 2.05) is 11.3 Å².